The van der Waals surface area contributed by atoms with E-state index in [4.69, 9.17) is 5.26 Å². The standard InChI is InChI=1S/C15H16F2N2/c16-15(17)5-7-19(8-6-15)14-4-1-11(10-18)9-13(14)12-2-3-12/h1,4,9,12H,2-3,5-8H2. The summed E-state index contributed by atoms with van der Waals surface area (Å²) in [5.74, 6) is -1.99. The highest BCUT2D eigenvalue weighted by molar-refractivity contribution is 5.59. The molecule has 0 amide bonds. The summed E-state index contributed by atoms with van der Waals surface area (Å²) < 4.78 is 26.4. The van der Waals surface area contributed by atoms with Crippen LogP contribution in [-0.2, 0) is 0 Å². The number of halogens is 2. The van der Waals surface area contributed by atoms with Crippen LogP contribution in [0.15, 0.2) is 18.2 Å². The van der Waals surface area contributed by atoms with Crippen LogP contribution < -0.4 is 4.90 Å². The Morgan fingerprint density at radius 2 is 1.89 bits per heavy atom. The number of hydrogen-bond donors (Lipinski definition) is 0. The van der Waals surface area contributed by atoms with Crippen LogP contribution in [0.1, 0.15) is 42.7 Å². The lowest BCUT2D eigenvalue weighted by Crippen LogP contribution is -2.39. The summed E-state index contributed by atoms with van der Waals surface area (Å²) in [4.78, 5) is 2.05. The molecule has 0 radical (unpaired) electrons. The molecule has 1 aromatic carbocycles. The van der Waals surface area contributed by atoms with Crippen LogP contribution >= 0.6 is 0 Å². The third-order valence-corrected chi connectivity index (χ3v) is 4.01. The highest BCUT2D eigenvalue weighted by Crippen LogP contribution is 2.45. The molecule has 1 saturated heterocycles. The van der Waals surface area contributed by atoms with Crippen molar-refractivity contribution in [3.8, 4) is 6.07 Å². The molecule has 1 aliphatic carbocycles. The first-order chi connectivity index (χ1) is 9.09. The normalized spacial score (nSPS) is 22.1. The molecule has 1 saturated carbocycles. The molecular weight excluding hydrogens is 246 g/mol. The zero-order chi connectivity index (χ0) is 13.5. The van der Waals surface area contributed by atoms with Gasteiger partial charge in [-0.25, -0.2) is 8.78 Å². The first-order valence-electron chi connectivity index (χ1n) is 6.76. The number of benzene rings is 1. The second-order valence-electron chi connectivity index (χ2n) is 5.50. The third kappa shape index (κ3) is 2.56. The Kier molecular flexibility index (Phi) is 2.93. The molecule has 1 aromatic rings. The number of piperidine rings is 1. The van der Waals surface area contributed by atoms with Gasteiger partial charge in [-0.05, 0) is 42.5 Å². The molecule has 0 N–H and O–H groups in total. The molecule has 100 valence electrons. The lowest BCUT2D eigenvalue weighted by Gasteiger charge is -2.34. The molecule has 0 unspecified atom stereocenters. The average molecular weight is 262 g/mol. The van der Waals surface area contributed by atoms with E-state index in [1.807, 2.05) is 17.0 Å². The Hall–Kier alpha value is -1.63. The Morgan fingerprint density at radius 3 is 2.47 bits per heavy atom. The van der Waals surface area contributed by atoms with E-state index in [0.29, 0.717) is 24.6 Å². The maximum atomic E-state index is 13.2. The van der Waals surface area contributed by atoms with Gasteiger partial charge in [0.2, 0.25) is 0 Å². The predicted octanol–water partition coefficient (Wildman–Crippen LogP) is 3.67. The molecule has 1 heterocycles. The van der Waals surface area contributed by atoms with Gasteiger partial charge in [0.05, 0.1) is 11.6 Å². The Balaban J connectivity index is 1.86. The van der Waals surface area contributed by atoms with E-state index in [-0.39, 0.29) is 12.8 Å². The van der Waals surface area contributed by atoms with Gasteiger partial charge >= 0.3 is 0 Å². The molecule has 3 rings (SSSR count). The number of nitriles is 1. The molecule has 2 nitrogen and oxygen atoms in total. The fourth-order valence-corrected chi connectivity index (χ4v) is 2.71. The van der Waals surface area contributed by atoms with Crippen molar-refractivity contribution >= 4 is 5.69 Å². The van der Waals surface area contributed by atoms with Crippen LogP contribution in [0.25, 0.3) is 0 Å². The van der Waals surface area contributed by atoms with Gasteiger partial charge in [-0.1, -0.05) is 0 Å². The quantitative estimate of drug-likeness (QED) is 0.813. The summed E-state index contributed by atoms with van der Waals surface area (Å²) in [6.45, 7) is 0.803. The Morgan fingerprint density at radius 1 is 1.21 bits per heavy atom. The van der Waals surface area contributed by atoms with Crippen molar-refractivity contribution in [3.05, 3.63) is 29.3 Å². The van der Waals surface area contributed by atoms with Gasteiger partial charge in [0.1, 0.15) is 0 Å². The van der Waals surface area contributed by atoms with E-state index in [1.165, 1.54) is 5.56 Å². The smallest absolute Gasteiger partial charge is 0.251 e. The Bertz CT molecular complexity index is 519. The summed E-state index contributed by atoms with van der Waals surface area (Å²) in [5.41, 5.74) is 2.88. The van der Waals surface area contributed by atoms with Crippen molar-refractivity contribution in [2.75, 3.05) is 18.0 Å². The van der Waals surface area contributed by atoms with Crippen molar-refractivity contribution in [1.82, 2.24) is 0 Å². The van der Waals surface area contributed by atoms with Crippen LogP contribution in [0, 0.1) is 11.3 Å². The van der Waals surface area contributed by atoms with Crippen LogP contribution in [0.5, 0.6) is 0 Å². The van der Waals surface area contributed by atoms with E-state index in [9.17, 15) is 8.78 Å². The second-order valence-corrected chi connectivity index (χ2v) is 5.50. The topological polar surface area (TPSA) is 27.0 Å². The summed E-state index contributed by atoms with van der Waals surface area (Å²) in [6, 6.07) is 7.80. The lowest BCUT2D eigenvalue weighted by atomic mass is 10.0. The van der Waals surface area contributed by atoms with Crippen LogP contribution in [0.3, 0.4) is 0 Å². The number of anilines is 1. The average Bonchev–Trinajstić information content (AvgIpc) is 3.22. The van der Waals surface area contributed by atoms with Gasteiger partial charge < -0.3 is 4.90 Å². The summed E-state index contributed by atoms with van der Waals surface area (Å²) >= 11 is 0. The SMILES string of the molecule is N#Cc1ccc(N2CCC(F)(F)CC2)c(C2CC2)c1. The minimum atomic E-state index is -2.51. The Labute approximate surface area is 111 Å². The predicted molar refractivity (Wildman–Crippen MR) is 69.5 cm³/mol. The van der Waals surface area contributed by atoms with Gasteiger partial charge in [-0.3, -0.25) is 0 Å². The van der Waals surface area contributed by atoms with E-state index in [1.54, 1.807) is 6.07 Å². The van der Waals surface area contributed by atoms with E-state index in [0.717, 1.165) is 18.5 Å². The van der Waals surface area contributed by atoms with Crippen molar-refractivity contribution in [2.24, 2.45) is 0 Å². The van der Waals surface area contributed by atoms with E-state index in [2.05, 4.69) is 6.07 Å². The molecule has 0 bridgehead atoms. The number of hydrogen-bond acceptors (Lipinski definition) is 2. The zero-order valence-corrected chi connectivity index (χ0v) is 10.7. The molecule has 2 fully saturated rings. The maximum Gasteiger partial charge on any atom is 0.251 e. The van der Waals surface area contributed by atoms with Gasteiger partial charge in [-0.15, -0.1) is 0 Å². The molecule has 2 aliphatic rings. The fourth-order valence-electron chi connectivity index (χ4n) is 2.71. The summed E-state index contributed by atoms with van der Waals surface area (Å²) in [6.07, 6.45) is 2.14. The lowest BCUT2D eigenvalue weighted by molar-refractivity contribution is -0.0220. The molecular formula is C15H16F2N2. The highest BCUT2D eigenvalue weighted by atomic mass is 19.3. The van der Waals surface area contributed by atoms with Crippen molar-refractivity contribution in [2.45, 2.75) is 37.5 Å². The molecule has 0 spiro atoms. The van der Waals surface area contributed by atoms with Crippen LogP contribution in [-0.4, -0.2) is 19.0 Å². The van der Waals surface area contributed by atoms with Crippen LogP contribution in [0.4, 0.5) is 14.5 Å². The van der Waals surface area contributed by atoms with Crippen molar-refractivity contribution in [1.29, 1.82) is 5.26 Å². The van der Waals surface area contributed by atoms with Crippen LogP contribution in [0.2, 0.25) is 0 Å². The first-order valence-corrected chi connectivity index (χ1v) is 6.76. The van der Waals surface area contributed by atoms with Crippen molar-refractivity contribution < 1.29 is 8.78 Å². The monoisotopic (exact) mass is 262 g/mol. The molecule has 0 atom stereocenters. The van der Waals surface area contributed by atoms with Gasteiger partial charge in [0.25, 0.3) is 5.92 Å². The maximum absolute atomic E-state index is 13.2. The molecule has 0 aromatic heterocycles. The number of rotatable bonds is 2. The van der Waals surface area contributed by atoms with Gasteiger partial charge in [0.15, 0.2) is 0 Å². The summed E-state index contributed by atoms with van der Waals surface area (Å²) in [7, 11) is 0. The summed E-state index contributed by atoms with van der Waals surface area (Å²) in [5, 5.41) is 8.97. The van der Waals surface area contributed by atoms with Crippen molar-refractivity contribution in [3.63, 3.8) is 0 Å². The van der Waals surface area contributed by atoms with E-state index < -0.39 is 5.92 Å². The second kappa shape index (κ2) is 4.48. The first kappa shape index (κ1) is 12.4. The highest BCUT2D eigenvalue weighted by Gasteiger charge is 2.36. The number of alkyl halides is 2. The molecule has 1 aliphatic heterocycles. The zero-order valence-electron chi connectivity index (χ0n) is 10.7. The van der Waals surface area contributed by atoms with Gasteiger partial charge in [-0.2, -0.15) is 5.26 Å². The minimum absolute atomic E-state index is 0.0723. The number of nitrogens with zero attached hydrogens (tertiary/aromatic N) is 2. The third-order valence-electron chi connectivity index (χ3n) is 4.01. The van der Waals surface area contributed by atoms with E-state index >= 15 is 0 Å². The molecule has 4 heteroatoms. The van der Waals surface area contributed by atoms with Gasteiger partial charge in [0, 0.05) is 31.6 Å². The molecule has 19 heavy (non-hydrogen) atoms. The fraction of sp³-hybridized carbons (Fsp3) is 0.533. The minimum Gasteiger partial charge on any atom is -0.371 e. The largest absolute Gasteiger partial charge is 0.371 e.